The molecule has 30 heavy (non-hydrogen) atoms. The molecule has 0 bridgehead atoms. The zero-order valence-electron chi connectivity index (χ0n) is 18.6. The van der Waals surface area contributed by atoms with Gasteiger partial charge in [-0.3, -0.25) is 4.79 Å². The van der Waals surface area contributed by atoms with E-state index < -0.39 is 5.97 Å². The van der Waals surface area contributed by atoms with Crippen LogP contribution >= 0.6 is 0 Å². The Bertz CT molecular complexity index is 880. The monoisotopic (exact) mass is 414 g/mol. The number of hydrogen-bond acceptors (Lipinski definition) is 5. The molecular formula is C23H34N4O3. The second-order valence-electron chi connectivity index (χ2n) is 8.86. The number of aromatic nitrogens is 3. The van der Waals surface area contributed by atoms with Gasteiger partial charge >= 0.3 is 5.97 Å². The van der Waals surface area contributed by atoms with Gasteiger partial charge in [-0.15, -0.1) is 0 Å². The van der Waals surface area contributed by atoms with Gasteiger partial charge in [0.25, 0.3) is 5.91 Å². The number of hydrogen-bond donors (Lipinski definition) is 1. The summed E-state index contributed by atoms with van der Waals surface area (Å²) < 4.78 is 7.19. The second-order valence-corrected chi connectivity index (χ2v) is 8.86. The molecule has 7 nitrogen and oxygen atoms in total. The molecule has 0 aliphatic heterocycles. The Morgan fingerprint density at radius 1 is 1.13 bits per heavy atom. The minimum atomic E-state index is -0.513. The van der Waals surface area contributed by atoms with Crippen molar-refractivity contribution in [3.8, 4) is 0 Å². The van der Waals surface area contributed by atoms with Crippen LogP contribution in [0.15, 0.2) is 12.3 Å². The molecule has 1 N–H and O–H groups in total. The third-order valence-electron chi connectivity index (χ3n) is 5.69. The smallest absolute Gasteiger partial charge is 0.339 e. The molecular weight excluding hydrogens is 380 g/mol. The summed E-state index contributed by atoms with van der Waals surface area (Å²) in [5.41, 5.74) is 1.88. The number of rotatable bonds is 6. The summed E-state index contributed by atoms with van der Waals surface area (Å²) in [6.07, 6.45) is 9.65. The van der Waals surface area contributed by atoms with Crippen LogP contribution in [0.3, 0.4) is 0 Å². The van der Waals surface area contributed by atoms with Gasteiger partial charge in [0.1, 0.15) is 0 Å². The number of nitrogens with one attached hydrogen (secondary N) is 1. The molecule has 1 aliphatic rings. The van der Waals surface area contributed by atoms with Crippen LogP contribution in [0.2, 0.25) is 0 Å². The molecule has 0 aromatic carbocycles. The van der Waals surface area contributed by atoms with Crippen molar-refractivity contribution in [2.75, 3.05) is 6.61 Å². The van der Waals surface area contributed by atoms with Crippen molar-refractivity contribution in [1.82, 2.24) is 20.1 Å². The lowest BCUT2D eigenvalue weighted by Gasteiger charge is -2.21. The second kappa shape index (κ2) is 10.0. The van der Waals surface area contributed by atoms with Gasteiger partial charge < -0.3 is 10.1 Å². The predicted molar refractivity (Wildman–Crippen MR) is 117 cm³/mol. The van der Waals surface area contributed by atoms with E-state index in [2.05, 4.69) is 10.4 Å². The van der Waals surface area contributed by atoms with E-state index in [-0.39, 0.29) is 30.5 Å². The Hall–Kier alpha value is -2.44. The molecule has 1 amide bonds. The largest absolute Gasteiger partial charge is 0.452 e. The van der Waals surface area contributed by atoms with Crippen molar-refractivity contribution < 1.29 is 14.3 Å². The maximum Gasteiger partial charge on any atom is 0.339 e. The highest BCUT2D eigenvalue weighted by Gasteiger charge is 2.21. The van der Waals surface area contributed by atoms with E-state index in [9.17, 15) is 9.59 Å². The van der Waals surface area contributed by atoms with Crippen molar-refractivity contribution in [2.24, 2.45) is 0 Å². The molecule has 1 saturated carbocycles. The van der Waals surface area contributed by atoms with E-state index in [4.69, 9.17) is 9.72 Å². The Kier molecular flexibility index (Phi) is 7.45. The van der Waals surface area contributed by atoms with Gasteiger partial charge in [-0.1, -0.05) is 46.0 Å². The molecule has 2 heterocycles. The zero-order chi connectivity index (χ0) is 21.7. The van der Waals surface area contributed by atoms with Crippen LogP contribution < -0.4 is 5.32 Å². The Morgan fingerprint density at radius 3 is 2.43 bits per heavy atom. The molecule has 164 valence electrons. The van der Waals surface area contributed by atoms with E-state index in [1.54, 1.807) is 16.9 Å². The predicted octanol–water partition coefficient (Wildman–Crippen LogP) is 4.52. The van der Waals surface area contributed by atoms with Crippen LogP contribution in [0.25, 0.3) is 11.0 Å². The molecule has 0 saturated heterocycles. The maximum atomic E-state index is 12.8. The van der Waals surface area contributed by atoms with Crippen LogP contribution in [0, 0.1) is 0 Å². The number of carbonyl (C=O) groups excluding carboxylic acids is 2. The minimum absolute atomic E-state index is 0.121. The summed E-state index contributed by atoms with van der Waals surface area (Å²) in [6.45, 7) is 7.83. The molecule has 0 radical (unpaired) electrons. The molecule has 1 aliphatic carbocycles. The van der Waals surface area contributed by atoms with Crippen molar-refractivity contribution in [3.05, 3.63) is 23.5 Å². The zero-order valence-corrected chi connectivity index (χ0v) is 18.6. The third-order valence-corrected chi connectivity index (χ3v) is 5.69. The van der Waals surface area contributed by atoms with Crippen LogP contribution in [-0.2, 0) is 9.53 Å². The summed E-state index contributed by atoms with van der Waals surface area (Å²) in [5, 5.41) is 8.08. The van der Waals surface area contributed by atoms with Crippen molar-refractivity contribution >= 4 is 22.9 Å². The fraction of sp³-hybridized carbons (Fsp3) is 0.652. The lowest BCUT2D eigenvalue weighted by Crippen LogP contribution is -2.38. The molecule has 0 spiro atoms. The van der Waals surface area contributed by atoms with Gasteiger partial charge in [0.05, 0.1) is 17.1 Å². The van der Waals surface area contributed by atoms with E-state index in [0.717, 1.165) is 31.4 Å². The highest BCUT2D eigenvalue weighted by Crippen LogP contribution is 2.25. The van der Waals surface area contributed by atoms with Crippen molar-refractivity contribution in [1.29, 1.82) is 0 Å². The lowest BCUT2D eigenvalue weighted by atomic mass is 9.97. The summed E-state index contributed by atoms with van der Waals surface area (Å²) in [5.74, 6) is -0.597. The van der Waals surface area contributed by atoms with E-state index in [0.29, 0.717) is 16.6 Å². The average Bonchev–Trinajstić information content (AvgIpc) is 3.11. The van der Waals surface area contributed by atoms with Gasteiger partial charge in [-0.2, -0.15) is 5.10 Å². The van der Waals surface area contributed by atoms with Crippen LogP contribution in [0.5, 0.6) is 0 Å². The van der Waals surface area contributed by atoms with Gasteiger partial charge in [0, 0.05) is 17.8 Å². The Morgan fingerprint density at radius 2 is 1.80 bits per heavy atom. The van der Waals surface area contributed by atoms with E-state index in [1.165, 1.54) is 19.3 Å². The van der Waals surface area contributed by atoms with Gasteiger partial charge in [0.15, 0.2) is 12.3 Å². The molecule has 0 unspecified atom stereocenters. The summed E-state index contributed by atoms with van der Waals surface area (Å²) >= 11 is 0. The fourth-order valence-electron chi connectivity index (χ4n) is 3.96. The molecule has 3 rings (SSSR count). The van der Waals surface area contributed by atoms with E-state index in [1.807, 2.05) is 27.7 Å². The Balaban J connectivity index is 1.70. The number of nitrogens with zero attached hydrogens (tertiary/aromatic N) is 3. The topological polar surface area (TPSA) is 86.1 Å². The summed E-state index contributed by atoms with van der Waals surface area (Å²) in [7, 11) is 0. The first-order valence-corrected chi connectivity index (χ1v) is 11.2. The van der Waals surface area contributed by atoms with Crippen molar-refractivity contribution in [2.45, 2.75) is 90.6 Å². The lowest BCUT2D eigenvalue weighted by molar-refractivity contribution is -0.125. The van der Waals surface area contributed by atoms with Crippen LogP contribution in [0.1, 0.15) is 101 Å². The number of pyridine rings is 1. The summed E-state index contributed by atoms with van der Waals surface area (Å²) in [6, 6.07) is 2.06. The highest BCUT2D eigenvalue weighted by atomic mass is 16.5. The Labute approximate surface area is 178 Å². The number of fused-ring (bicyclic) bond motifs is 1. The quantitative estimate of drug-likeness (QED) is 0.702. The van der Waals surface area contributed by atoms with Gasteiger partial charge in [-0.25, -0.2) is 14.5 Å². The highest BCUT2D eigenvalue weighted by molar-refractivity contribution is 6.03. The standard InChI is InChI=1S/C23H34N4O3/c1-15(2)20-12-18(19-13-24-27(16(3)4)22(19)26-20)23(29)30-14-21(28)25-17-10-8-6-5-7-9-11-17/h12-13,15-17H,5-11,14H2,1-4H3,(H,25,28). The van der Waals surface area contributed by atoms with Crippen LogP contribution in [-0.4, -0.2) is 39.3 Å². The van der Waals surface area contributed by atoms with Crippen LogP contribution in [0.4, 0.5) is 0 Å². The first-order valence-electron chi connectivity index (χ1n) is 11.2. The number of ether oxygens (including phenoxy) is 1. The third kappa shape index (κ3) is 5.37. The first-order chi connectivity index (χ1) is 14.4. The number of esters is 1. The van der Waals surface area contributed by atoms with Crippen molar-refractivity contribution in [3.63, 3.8) is 0 Å². The van der Waals surface area contributed by atoms with Gasteiger partial charge in [-0.05, 0) is 38.7 Å². The first kappa shape index (κ1) is 22.2. The normalized spacial score (nSPS) is 15.9. The molecule has 1 fully saturated rings. The number of carbonyl (C=O) groups is 2. The fourth-order valence-corrected chi connectivity index (χ4v) is 3.96. The van der Waals surface area contributed by atoms with Gasteiger partial charge in [0.2, 0.25) is 0 Å². The SMILES string of the molecule is CC(C)c1cc(C(=O)OCC(=O)NC2CCCCCCC2)c2cnn(C(C)C)c2n1. The summed E-state index contributed by atoms with van der Waals surface area (Å²) in [4.78, 5) is 29.9. The molecule has 2 aromatic heterocycles. The molecule has 0 atom stereocenters. The molecule has 7 heteroatoms. The average molecular weight is 415 g/mol. The van der Waals surface area contributed by atoms with E-state index >= 15 is 0 Å². The minimum Gasteiger partial charge on any atom is -0.452 e. The molecule has 2 aromatic rings. The number of amides is 1. The maximum absolute atomic E-state index is 12.8.